The summed E-state index contributed by atoms with van der Waals surface area (Å²) in [5.74, 6) is -3.15. The number of aldehydes is 1. The third-order valence-corrected chi connectivity index (χ3v) is 12.0. The minimum atomic E-state index is -1.38. The number of aliphatic hydroxyl groups excluding tert-OH is 3. The van der Waals surface area contributed by atoms with Gasteiger partial charge in [-0.3, -0.25) is 24.3 Å². The first kappa shape index (κ1) is 50.8. The summed E-state index contributed by atoms with van der Waals surface area (Å²) in [5.41, 5.74) is 2.07. The van der Waals surface area contributed by atoms with Crippen molar-refractivity contribution >= 4 is 35.1 Å². The van der Waals surface area contributed by atoms with E-state index in [1.54, 1.807) is 58.1 Å². The number of pyridine rings is 1. The summed E-state index contributed by atoms with van der Waals surface area (Å²) >= 11 is 0. The van der Waals surface area contributed by atoms with Gasteiger partial charge in [-0.1, -0.05) is 38.1 Å². The molecule has 0 saturated carbocycles. The molecule has 2 aliphatic rings. The summed E-state index contributed by atoms with van der Waals surface area (Å²) in [7, 11) is 6.65. The Labute approximate surface area is 365 Å². The molecule has 346 valence electrons. The fraction of sp³-hybridized carbons (Fsp3) is 0.674. The van der Waals surface area contributed by atoms with Crippen molar-refractivity contribution in [1.82, 2.24) is 14.8 Å². The van der Waals surface area contributed by atoms with Gasteiger partial charge in [0.15, 0.2) is 6.29 Å². The lowest BCUT2D eigenvalue weighted by molar-refractivity contribution is -0.310. The molecule has 3 N–H and O–H groups in total. The third kappa shape index (κ3) is 13.8. The van der Waals surface area contributed by atoms with Crippen LogP contribution in [0.25, 0.3) is 10.9 Å². The number of hydrogen-bond donors (Lipinski definition) is 3. The molecule has 16 nitrogen and oxygen atoms in total. The Kier molecular flexibility index (Phi) is 19.9. The van der Waals surface area contributed by atoms with Crippen LogP contribution in [0.5, 0.6) is 0 Å². The third-order valence-electron chi connectivity index (χ3n) is 12.0. The fourth-order valence-electron chi connectivity index (χ4n) is 8.76. The molecule has 14 atom stereocenters. The molecule has 16 heteroatoms. The molecule has 0 bridgehead atoms. The van der Waals surface area contributed by atoms with E-state index >= 15 is 0 Å². The van der Waals surface area contributed by atoms with Gasteiger partial charge in [-0.05, 0) is 96.4 Å². The van der Waals surface area contributed by atoms with Crippen molar-refractivity contribution in [3.63, 3.8) is 0 Å². The average molecular weight is 872 g/mol. The SMILES string of the molecule is CCC(=O)O[C@@H]1CC(=O)O[C@H](C)C[C@H](O)[C@H](N(C)CCCc2ccnc3ccccc23)/C=C/[C@H](OC(C)=O)[C@H](C)C[C@H](CC=O)[C@H](O[C@H]2O[C@H](C)[C@@H](O)[C@H](N(C)C)[C@H]2O)[C@H]1OC. The normalized spacial score (nSPS) is 33.5. The van der Waals surface area contributed by atoms with Crippen LogP contribution in [0.2, 0.25) is 0 Å². The molecule has 2 aliphatic heterocycles. The lowest BCUT2D eigenvalue weighted by Crippen LogP contribution is -2.63. The maximum Gasteiger partial charge on any atom is 0.309 e. The highest BCUT2D eigenvalue weighted by molar-refractivity contribution is 5.81. The van der Waals surface area contributed by atoms with Crippen LogP contribution in [0.1, 0.15) is 78.7 Å². The number of aryl methyl sites for hydroxylation is 1. The lowest BCUT2D eigenvalue weighted by atomic mass is 9.82. The Hall–Kier alpha value is -3.87. The minimum Gasteiger partial charge on any atom is -0.462 e. The molecule has 2 aromatic rings. The molecule has 62 heavy (non-hydrogen) atoms. The highest BCUT2D eigenvalue weighted by atomic mass is 16.7. The highest BCUT2D eigenvalue weighted by Gasteiger charge is 2.49. The molecule has 4 rings (SSSR count). The van der Waals surface area contributed by atoms with Crippen LogP contribution in [-0.4, -0.2) is 162 Å². The summed E-state index contributed by atoms with van der Waals surface area (Å²) in [6.45, 7) is 8.64. The maximum absolute atomic E-state index is 13.7. The number of fused-ring (bicyclic) bond motifs is 1. The van der Waals surface area contributed by atoms with E-state index in [-0.39, 0.29) is 25.7 Å². The number of aromatic nitrogens is 1. The van der Waals surface area contributed by atoms with Crippen LogP contribution in [0, 0.1) is 11.8 Å². The molecule has 1 saturated heterocycles. The summed E-state index contributed by atoms with van der Waals surface area (Å²) < 4.78 is 36.3. The predicted molar refractivity (Wildman–Crippen MR) is 230 cm³/mol. The second-order valence-electron chi connectivity index (χ2n) is 17.0. The molecule has 1 fully saturated rings. The van der Waals surface area contributed by atoms with Gasteiger partial charge in [-0.25, -0.2) is 0 Å². The minimum absolute atomic E-state index is 0.0281. The molecular weight excluding hydrogens is 803 g/mol. The number of hydrogen-bond acceptors (Lipinski definition) is 16. The van der Waals surface area contributed by atoms with E-state index in [4.69, 9.17) is 28.4 Å². The van der Waals surface area contributed by atoms with Crippen molar-refractivity contribution < 1.29 is 62.9 Å². The monoisotopic (exact) mass is 871 g/mol. The van der Waals surface area contributed by atoms with Gasteiger partial charge in [0, 0.05) is 44.9 Å². The lowest BCUT2D eigenvalue weighted by Gasteiger charge is -2.47. The average Bonchev–Trinajstić information content (AvgIpc) is 3.21. The molecule has 0 spiro atoms. The second-order valence-corrected chi connectivity index (χ2v) is 17.0. The zero-order valence-electron chi connectivity index (χ0n) is 37.7. The summed E-state index contributed by atoms with van der Waals surface area (Å²) in [6, 6.07) is 8.57. The number of nitrogens with zero attached hydrogens (tertiary/aromatic N) is 3. The van der Waals surface area contributed by atoms with Crippen LogP contribution in [-0.2, 0) is 54.0 Å². The van der Waals surface area contributed by atoms with E-state index in [0.29, 0.717) is 12.8 Å². The Balaban J connectivity index is 1.75. The van der Waals surface area contributed by atoms with Crippen molar-refractivity contribution in [2.75, 3.05) is 34.8 Å². The van der Waals surface area contributed by atoms with E-state index in [1.807, 2.05) is 49.2 Å². The number of aliphatic hydroxyl groups is 3. The molecule has 0 aliphatic carbocycles. The largest absolute Gasteiger partial charge is 0.462 e. The number of cyclic esters (lactones) is 1. The quantitative estimate of drug-likeness (QED) is 0.108. The smallest absolute Gasteiger partial charge is 0.309 e. The van der Waals surface area contributed by atoms with Crippen molar-refractivity contribution in [3.05, 3.63) is 54.2 Å². The first-order chi connectivity index (χ1) is 29.5. The number of benzene rings is 1. The molecular formula is C46H69N3O13. The highest BCUT2D eigenvalue weighted by Crippen LogP contribution is 2.35. The topological polar surface area (TPSA) is 204 Å². The Morgan fingerprint density at radius 1 is 0.984 bits per heavy atom. The Morgan fingerprint density at radius 2 is 1.71 bits per heavy atom. The van der Waals surface area contributed by atoms with Gasteiger partial charge in [0.25, 0.3) is 0 Å². The first-order valence-electron chi connectivity index (χ1n) is 21.7. The van der Waals surface area contributed by atoms with Crippen molar-refractivity contribution in [2.24, 2.45) is 11.8 Å². The van der Waals surface area contributed by atoms with Crippen LogP contribution < -0.4 is 0 Å². The fourth-order valence-corrected chi connectivity index (χ4v) is 8.76. The van der Waals surface area contributed by atoms with Crippen molar-refractivity contribution in [3.8, 4) is 0 Å². The number of esters is 3. The maximum atomic E-state index is 13.7. The van der Waals surface area contributed by atoms with Crippen LogP contribution in [0.3, 0.4) is 0 Å². The number of rotatable bonds is 14. The second kappa shape index (κ2) is 24.3. The van der Waals surface area contributed by atoms with Gasteiger partial charge in [-0.15, -0.1) is 0 Å². The summed E-state index contributed by atoms with van der Waals surface area (Å²) in [6.07, 6.45) is -3.79. The van der Waals surface area contributed by atoms with Gasteiger partial charge in [-0.2, -0.15) is 0 Å². The van der Waals surface area contributed by atoms with E-state index in [9.17, 15) is 34.5 Å². The number of methoxy groups -OCH3 is 1. The first-order valence-corrected chi connectivity index (χ1v) is 21.7. The van der Waals surface area contributed by atoms with Crippen molar-refractivity contribution in [2.45, 2.75) is 153 Å². The van der Waals surface area contributed by atoms with Gasteiger partial charge < -0.3 is 53.4 Å². The van der Waals surface area contributed by atoms with Crippen molar-refractivity contribution in [1.29, 1.82) is 0 Å². The van der Waals surface area contributed by atoms with E-state index in [1.165, 1.54) is 14.0 Å². The molecule has 1 aromatic heterocycles. The van der Waals surface area contributed by atoms with Crippen LogP contribution in [0.4, 0.5) is 0 Å². The molecule has 1 aromatic carbocycles. The van der Waals surface area contributed by atoms with E-state index < -0.39 is 109 Å². The van der Waals surface area contributed by atoms with Gasteiger partial charge in [0.05, 0.1) is 48.4 Å². The van der Waals surface area contributed by atoms with E-state index in [2.05, 4.69) is 4.98 Å². The number of likely N-dealkylation sites (N-methyl/N-ethyl adjacent to an activating group) is 2. The summed E-state index contributed by atoms with van der Waals surface area (Å²) in [5, 5.41) is 35.4. The van der Waals surface area contributed by atoms with Gasteiger partial charge in [0.2, 0.25) is 0 Å². The van der Waals surface area contributed by atoms with Crippen LogP contribution in [0.15, 0.2) is 48.7 Å². The molecule has 0 unspecified atom stereocenters. The van der Waals surface area contributed by atoms with Gasteiger partial charge in [0.1, 0.15) is 36.8 Å². The van der Waals surface area contributed by atoms with Gasteiger partial charge >= 0.3 is 17.9 Å². The standard InChI is InChI=1S/C46H69N3O13/c1-10-39(53)61-38-26-40(54)58-28(3)25-36(52)35(49(8)22-13-14-31-19-21-47-34-16-12-11-15-33(31)34)17-18-37(60-30(5)51)27(2)24-32(20-23-50)44(45(38)57-9)62-46-43(56)41(48(6)7)42(55)29(4)59-46/h11-12,15-19,21,23,27-29,32,35-38,41-46,52,55-56H,10,13-14,20,22,24-26H2,1-9H3/b18-17+/t27-,28-,29-,32+,35-,36+,37+,38-,41+,42-,43-,44+,45+,46-/m1/s1. The summed E-state index contributed by atoms with van der Waals surface area (Å²) in [4.78, 5) is 60.0. The Morgan fingerprint density at radius 3 is 2.37 bits per heavy atom. The predicted octanol–water partition coefficient (Wildman–Crippen LogP) is 3.39. The number of para-hydroxylation sites is 1. The number of ether oxygens (including phenoxy) is 6. The number of carbonyl (C=O) groups excluding carboxylic acids is 4. The number of carbonyl (C=O) groups is 4. The molecule has 0 amide bonds. The Bertz CT molecular complexity index is 1770. The molecule has 3 heterocycles. The molecule has 0 radical (unpaired) electrons. The zero-order valence-corrected chi connectivity index (χ0v) is 37.7. The zero-order chi connectivity index (χ0) is 45.7. The van der Waals surface area contributed by atoms with E-state index in [0.717, 1.165) is 29.3 Å². The van der Waals surface area contributed by atoms with Crippen LogP contribution >= 0.6 is 0 Å².